The van der Waals surface area contributed by atoms with Gasteiger partial charge in [0.1, 0.15) is 11.6 Å². The van der Waals surface area contributed by atoms with Crippen LogP contribution in [0.1, 0.15) is 31.8 Å². The molecule has 1 aliphatic heterocycles. The number of carboxylic acids is 1. The predicted octanol–water partition coefficient (Wildman–Crippen LogP) is 5.57. The Balaban J connectivity index is 1.69. The molecule has 5 rings (SSSR count). The van der Waals surface area contributed by atoms with Gasteiger partial charge in [-0.25, -0.2) is 9.18 Å². The van der Waals surface area contributed by atoms with E-state index in [1.807, 2.05) is 23.6 Å². The first kappa shape index (κ1) is 22.8. The van der Waals surface area contributed by atoms with Gasteiger partial charge in [0.2, 0.25) is 0 Å². The first-order valence-corrected chi connectivity index (χ1v) is 11.8. The molecule has 2 heterocycles. The topological polar surface area (TPSA) is 102 Å². The average Bonchev–Trinajstić information content (AvgIpc) is 3.25. The highest BCUT2D eigenvalue weighted by molar-refractivity contribution is 7.13. The molecule has 0 atom stereocenters. The molecule has 8 heteroatoms. The summed E-state index contributed by atoms with van der Waals surface area (Å²) in [5.41, 5.74) is 9.46. The second kappa shape index (κ2) is 9.32. The number of aromatic carboxylic acids is 1. The van der Waals surface area contributed by atoms with Crippen molar-refractivity contribution in [3.63, 3.8) is 0 Å². The molecule has 1 amide bonds. The summed E-state index contributed by atoms with van der Waals surface area (Å²) in [5.74, 6) is -1.76. The zero-order chi connectivity index (χ0) is 24.5. The van der Waals surface area contributed by atoms with Crippen LogP contribution in [-0.2, 0) is 13.0 Å². The summed E-state index contributed by atoms with van der Waals surface area (Å²) in [6.07, 6.45) is 0.707. The van der Waals surface area contributed by atoms with Gasteiger partial charge in [0, 0.05) is 34.7 Å². The molecule has 0 fully saturated rings. The SMILES string of the molecule is NCc1ccc(NC(=O)c2cc3c(cc2-c2cc(F)ccc2C(=O)O)OCCc2ccsc2-3)cc1. The van der Waals surface area contributed by atoms with Gasteiger partial charge in [-0.05, 0) is 76.2 Å². The van der Waals surface area contributed by atoms with E-state index in [1.165, 1.54) is 6.07 Å². The van der Waals surface area contributed by atoms with Crippen molar-refractivity contribution in [3.05, 3.63) is 94.1 Å². The molecule has 0 aliphatic carbocycles. The van der Waals surface area contributed by atoms with Gasteiger partial charge >= 0.3 is 5.97 Å². The predicted molar refractivity (Wildman–Crippen MR) is 134 cm³/mol. The average molecular weight is 489 g/mol. The third kappa shape index (κ3) is 4.41. The van der Waals surface area contributed by atoms with Crippen molar-refractivity contribution in [1.29, 1.82) is 0 Å². The van der Waals surface area contributed by atoms with Gasteiger partial charge in [-0.15, -0.1) is 11.3 Å². The number of carboxylic acid groups (broad SMARTS) is 1. The van der Waals surface area contributed by atoms with Crippen LogP contribution >= 0.6 is 11.3 Å². The van der Waals surface area contributed by atoms with E-state index < -0.39 is 17.7 Å². The van der Waals surface area contributed by atoms with E-state index in [0.29, 0.717) is 31.0 Å². The van der Waals surface area contributed by atoms with Crippen molar-refractivity contribution in [1.82, 2.24) is 0 Å². The minimum atomic E-state index is -1.22. The van der Waals surface area contributed by atoms with Gasteiger partial charge in [-0.3, -0.25) is 4.79 Å². The molecule has 0 bridgehead atoms. The van der Waals surface area contributed by atoms with Gasteiger partial charge < -0.3 is 20.9 Å². The van der Waals surface area contributed by atoms with Gasteiger partial charge in [0.15, 0.2) is 0 Å². The molecule has 1 aromatic heterocycles. The number of nitrogens with one attached hydrogen (secondary N) is 1. The molecular formula is C27H21FN2O4S. The van der Waals surface area contributed by atoms with E-state index in [2.05, 4.69) is 5.32 Å². The van der Waals surface area contributed by atoms with E-state index in [1.54, 1.807) is 35.6 Å². The van der Waals surface area contributed by atoms with Crippen LogP contribution in [0.5, 0.6) is 5.75 Å². The third-order valence-corrected chi connectivity index (χ3v) is 6.92. The quantitative estimate of drug-likeness (QED) is 0.341. The van der Waals surface area contributed by atoms with Crippen LogP contribution in [0, 0.1) is 5.82 Å². The molecule has 0 saturated carbocycles. The first-order valence-electron chi connectivity index (χ1n) is 11.0. The molecule has 6 nitrogen and oxygen atoms in total. The number of thiophene rings is 1. The summed E-state index contributed by atoms with van der Waals surface area (Å²) >= 11 is 1.54. The number of hydrogen-bond donors (Lipinski definition) is 3. The van der Waals surface area contributed by atoms with Crippen LogP contribution in [0.4, 0.5) is 10.1 Å². The standard InChI is InChI=1S/C27H21FN2O4S/c28-17-3-6-19(27(32)33)20(11-17)21-13-24-23(25-16(7-9-34-24)8-10-35-25)12-22(21)26(31)30-18-4-1-15(14-29)2-5-18/h1-6,8,10-13H,7,9,14,29H2,(H,30,31)(H,32,33). The lowest BCUT2D eigenvalue weighted by Gasteiger charge is -2.17. The van der Waals surface area contributed by atoms with Crippen molar-refractivity contribution in [2.75, 3.05) is 11.9 Å². The Morgan fingerprint density at radius 3 is 2.51 bits per heavy atom. The highest BCUT2D eigenvalue weighted by Crippen LogP contribution is 2.43. The summed E-state index contributed by atoms with van der Waals surface area (Å²) in [6.45, 7) is 0.814. The zero-order valence-corrected chi connectivity index (χ0v) is 19.3. The van der Waals surface area contributed by atoms with Crippen LogP contribution in [0.2, 0.25) is 0 Å². The van der Waals surface area contributed by atoms with Crippen molar-refractivity contribution in [3.8, 4) is 27.3 Å². The van der Waals surface area contributed by atoms with Crippen LogP contribution in [0.25, 0.3) is 21.6 Å². The zero-order valence-electron chi connectivity index (χ0n) is 18.5. The van der Waals surface area contributed by atoms with Gasteiger partial charge in [0.25, 0.3) is 5.91 Å². The fourth-order valence-electron chi connectivity index (χ4n) is 4.18. The van der Waals surface area contributed by atoms with Crippen LogP contribution in [0.3, 0.4) is 0 Å². The molecule has 1 aliphatic rings. The lowest BCUT2D eigenvalue weighted by molar-refractivity contribution is 0.0697. The maximum absolute atomic E-state index is 14.3. The Morgan fingerprint density at radius 2 is 1.77 bits per heavy atom. The van der Waals surface area contributed by atoms with Crippen molar-refractivity contribution < 1.29 is 23.8 Å². The number of anilines is 1. The highest BCUT2D eigenvalue weighted by Gasteiger charge is 2.25. The largest absolute Gasteiger partial charge is 0.493 e. The van der Waals surface area contributed by atoms with E-state index in [9.17, 15) is 19.1 Å². The maximum Gasteiger partial charge on any atom is 0.336 e. The number of rotatable bonds is 5. The summed E-state index contributed by atoms with van der Waals surface area (Å²) in [4.78, 5) is 26.5. The second-order valence-corrected chi connectivity index (χ2v) is 9.03. The molecule has 0 spiro atoms. The number of carbonyl (C=O) groups is 2. The minimum absolute atomic E-state index is 0.100. The van der Waals surface area contributed by atoms with Crippen molar-refractivity contribution in [2.45, 2.75) is 13.0 Å². The molecule has 35 heavy (non-hydrogen) atoms. The molecule has 4 aromatic rings. The maximum atomic E-state index is 14.3. The van der Waals surface area contributed by atoms with Crippen LogP contribution < -0.4 is 15.8 Å². The molecular weight excluding hydrogens is 467 g/mol. The molecule has 4 N–H and O–H groups in total. The highest BCUT2D eigenvalue weighted by atomic mass is 32.1. The molecule has 0 saturated heterocycles. The lowest BCUT2D eigenvalue weighted by Crippen LogP contribution is -2.14. The Labute approximate surface area is 204 Å². The first-order chi connectivity index (χ1) is 16.9. The Bertz CT molecular complexity index is 1450. The Morgan fingerprint density at radius 1 is 1.00 bits per heavy atom. The normalized spacial score (nSPS) is 12.2. The lowest BCUT2D eigenvalue weighted by atomic mass is 9.92. The number of ether oxygens (including phenoxy) is 1. The van der Waals surface area contributed by atoms with E-state index in [0.717, 1.165) is 33.7 Å². The Kier molecular flexibility index (Phi) is 6.07. The fraction of sp³-hybridized carbons (Fsp3) is 0.111. The number of fused-ring (bicyclic) bond motifs is 3. The number of benzene rings is 3. The summed E-state index contributed by atoms with van der Waals surface area (Å²) in [5, 5.41) is 14.6. The smallest absolute Gasteiger partial charge is 0.336 e. The second-order valence-electron chi connectivity index (χ2n) is 8.12. The van der Waals surface area contributed by atoms with Crippen molar-refractivity contribution >= 4 is 28.9 Å². The summed E-state index contributed by atoms with van der Waals surface area (Å²) in [7, 11) is 0. The van der Waals surface area contributed by atoms with Crippen LogP contribution in [-0.4, -0.2) is 23.6 Å². The third-order valence-electron chi connectivity index (χ3n) is 5.93. The molecule has 0 unspecified atom stereocenters. The number of carbonyl (C=O) groups excluding carboxylic acids is 1. The number of amides is 1. The molecule has 0 radical (unpaired) electrons. The minimum Gasteiger partial charge on any atom is -0.493 e. The van der Waals surface area contributed by atoms with Crippen molar-refractivity contribution in [2.24, 2.45) is 5.73 Å². The summed E-state index contributed by atoms with van der Waals surface area (Å²) in [6, 6.07) is 15.9. The van der Waals surface area contributed by atoms with Gasteiger partial charge in [-0.1, -0.05) is 12.1 Å². The molecule has 176 valence electrons. The fourth-order valence-corrected chi connectivity index (χ4v) is 5.15. The number of hydrogen-bond acceptors (Lipinski definition) is 5. The molecule has 3 aromatic carbocycles. The van der Waals surface area contributed by atoms with Crippen LogP contribution in [0.15, 0.2) is 66.0 Å². The number of halogens is 1. The van der Waals surface area contributed by atoms with E-state index in [-0.39, 0.29) is 22.3 Å². The van der Waals surface area contributed by atoms with E-state index >= 15 is 0 Å². The van der Waals surface area contributed by atoms with E-state index in [4.69, 9.17) is 10.5 Å². The Hall–Kier alpha value is -4.01. The monoisotopic (exact) mass is 488 g/mol. The number of nitrogens with two attached hydrogens (primary N) is 1. The summed E-state index contributed by atoms with van der Waals surface area (Å²) < 4.78 is 20.3. The van der Waals surface area contributed by atoms with Gasteiger partial charge in [-0.2, -0.15) is 0 Å². The van der Waals surface area contributed by atoms with Gasteiger partial charge in [0.05, 0.1) is 12.2 Å².